The van der Waals surface area contributed by atoms with Crippen LogP contribution in [-0.2, 0) is 5.60 Å². The van der Waals surface area contributed by atoms with Crippen LogP contribution < -0.4 is 4.90 Å². The molecule has 3 aromatic rings. The zero-order valence-electron chi connectivity index (χ0n) is 18.7. The van der Waals surface area contributed by atoms with Gasteiger partial charge in [0.25, 0.3) is 0 Å². The second kappa shape index (κ2) is 10.1. The van der Waals surface area contributed by atoms with Gasteiger partial charge in [0, 0.05) is 31.2 Å². The number of anilines is 1. The monoisotopic (exact) mass is 490 g/mol. The van der Waals surface area contributed by atoms with Crippen molar-refractivity contribution in [3.8, 4) is 6.07 Å². The highest BCUT2D eigenvalue weighted by Crippen LogP contribution is 2.37. The topological polar surface area (TPSA) is 54.9 Å². The molecule has 1 fully saturated rings. The molecular formula is C27H24Cl2N4O. The Morgan fingerprint density at radius 1 is 1.12 bits per heavy atom. The van der Waals surface area contributed by atoms with E-state index in [9.17, 15) is 10.4 Å². The summed E-state index contributed by atoms with van der Waals surface area (Å²) in [6, 6.07) is 22.4. The van der Waals surface area contributed by atoms with Gasteiger partial charge in [0.1, 0.15) is 0 Å². The van der Waals surface area contributed by atoms with Crippen LogP contribution in [-0.4, -0.2) is 36.2 Å². The third-order valence-electron chi connectivity index (χ3n) is 6.23. The Morgan fingerprint density at radius 3 is 2.56 bits per heavy atom. The van der Waals surface area contributed by atoms with E-state index >= 15 is 0 Å². The first kappa shape index (κ1) is 24.1. The van der Waals surface area contributed by atoms with Gasteiger partial charge in [-0.1, -0.05) is 59.6 Å². The summed E-state index contributed by atoms with van der Waals surface area (Å²) in [7, 11) is 0. The third-order valence-corrected chi connectivity index (χ3v) is 6.79. The number of hydrogen-bond acceptors (Lipinski definition) is 4. The highest BCUT2D eigenvalue weighted by molar-refractivity contribution is 6.33. The molecule has 0 unspecified atom stereocenters. The maximum absolute atomic E-state index is 11.3. The lowest BCUT2D eigenvalue weighted by atomic mass is 9.93. The molecule has 34 heavy (non-hydrogen) atoms. The number of nitriles is 1. The number of aliphatic hydroxyl groups is 1. The van der Waals surface area contributed by atoms with Crippen LogP contribution in [0.5, 0.6) is 0 Å². The average molecular weight is 491 g/mol. The highest BCUT2D eigenvalue weighted by Gasteiger charge is 2.34. The lowest BCUT2D eigenvalue weighted by Crippen LogP contribution is -2.52. The summed E-state index contributed by atoms with van der Waals surface area (Å²) in [4.78, 5) is 7.97. The van der Waals surface area contributed by atoms with Gasteiger partial charge in [-0.05, 0) is 48.4 Å². The van der Waals surface area contributed by atoms with Crippen LogP contribution in [0.2, 0.25) is 10.0 Å². The summed E-state index contributed by atoms with van der Waals surface area (Å²) in [5.74, 6) is 0. The molecule has 0 aromatic heterocycles. The molecule has 1 aliphatic heterocycles. The van der Waals surface area contributed by atoms with Gasteiger partial charge < -0.3 is 10.0 Å². The number of piperazine rings is 1. The number of benzene rings is 3. The summed E-state index contributed by atoms with van der Waals surface area (Å²) in [6.07, 6.45) is 0. The largest absolute Gasteiger partial charge is 0.384 e. The number of hydrogen-bond donors (Lipinski definition) is 1. The second-order valence-electron chi connectivity index (χ2n) is 8.71. The van der Waals surface area contributed by atoms with Crippen molar-refractivity contribution in [2.75, 3.05) is 31.1 Å². The maximum Gasteiger partial charge on any atom is 0.187 e. The van der Waals surface area contributed by atoms with Crippen LogP contribution in [0.25, 0.3) is 4.85 Å². The summed E-state index contributed by atoms with van der Waals surface area (Å²) in [6.45, 7) is 11.6. The van der Waals surface area contributed by atoms with E-state index in [4.69, 9.17) is 29.8 Å². The molecule has 172 valence electrons. The molecule has 0 saturated carbocycles. The van der Waals surface area contributed by atoms with Crippen molar-refractivity contribution in [2.45, 2.75) is 18.6 Å². The maximum atomic E-state index is 11.3. The van der Waals surface area contributed by atoms with Crippen LogP contribution in [0.1, 0.15) is 29.7 Å². The zero-order valence-corrected chi connectivity index (χ0v) is 20.3. The summed E-state index contributed by atoms with van der Waals surface area (Å²) in [5.41, 5.74) is 2.60. The molecule has 7 heteroatoms. The quantitative estimate of drug-likeness (QED) is 0.433. The zero-order chi connectivity index (χ0) is 24.3. The van der Waals surface area contributed by atoms with Gasteiger partial charge in [-0.15, -0.1) is 0 Å². The molecule has 3 aromatic carbocycles. The fourth-order valence-corrected chi connectivity index (χ4v) is 4.90. The lowest BCUT2D eigenvalue weighted by molar-refractivity contribution is 0.0103. The predicted octanol–water partition coefficient (Wildman–Crippen LogP) is 6.19. The Kier molecular flexibility index (Phi) is 7.12. The Morgan fingerprint density at radius 2 is 1.88 bits per heavy atom. The van der Waals surface area contributed by atoms with Crippen molar-refractivity contribution in [3.63, 3.8) is 0 Å². The number of β-amino-alcohol motifs (C(OH)–C–C–N with tert-alkyl or cyclic N) is 1. The van der Waals surface area contributed by atoms with Gasteiger partial charge >= 0.3 is 0 Å². The Hall–Kier alpha value is -3.06. The standard InChI is InChI=1S/C27H24Cl2N4O/c1-27(34,21-4-3-5-23(15-21)31-2)18-32-12-13-33(25-11-6-19(16-30)14-24(25)29)26(17-32)20-7-9-22(28)10-8-20/h3-11,14-15,26,34H,12-13,17-18H2,1H3/t26-,27+/m0/s1. The molecule has 2 atom stereocenters. The molecule has 0 bridgehead atoms. The normalized spacial score (nSPS) is 18.1. The number of rotatable bonds is 5. The molecule has 1 heterocycles. The molecular weight excluding hydrogens is 467 g/mol. The van der Waals surface area contributed by atoms with Crippen molar-refractivity contribution < 1.29 is 5.11 Å². The van der Waals surface area contributed by atoms with Crippen LogP contribution in [0.4, 0.5) is 11.4 Å². The minimum absolute atomic E-state index is 0.0261. The van der Waals surface area contributed by atoms with Crippen LogP contribution in [0, 0.1) is 17.9 Å². The smallest absolute Gasteiger partial charge is 0.187 e. The molecule has 1 saturated heterocycles. The Labute approximate surface area is 210 Å². The Balaban J connectivity index is 1.62. The van der Waals surface area contributed by atoms with Crippen LogP contribution >= 0.6 is 23.2 Å². The molecule has 1 aliphatic rings. The molecule has 4 rings (SSSR count). The van der Waals surface area contributed by atoms with Crippen molar-refractivity contribution >= 4 is 34.6 Å². The summed E-state index contributed by atoms with van der Waals surface area (Å²) < 4.78 is 0. The van der Waals surface area contributed by atoms with Gasteiger partial charge in [0.15, 0.2) is 5.69 Å². The fourth-order valence-electron chi connectivity index (χ4n) is 4.49. The second-order valence-corrected chi connectivity index (χ2v) is 9.55. The van der Waals surface area contributed by atoms with E-state index in [-0.39, 0.29) is 6.04 Å². The molecule has 5 nitrogen and oxygen atoms in total. The van der Waals surface area contributed by atoms with E-state index in [1.54, 1.807) is 37.3 Å². The minimum atomic E-state index is -1.11. The molecule has 0 spiro atoms. The van der Waals surface area contributed by atoms with Gasteiger partial charge in [-0.2, -0.15) is 5.26 Å². The first-order valence-corrected chi connectivity index (χ1v) is 11.7. The summed E-state index contributed by atoms with van der Waals surface area (Å²) >= 11 is 12.7. The van der Waals surface area contributed by atoms with E-state index < -0.39 is 5.60 Å². The van der Waals surface area contributed by atoms with Gasteiger partial charge in [0.05, 0.1) is 40.6 Å². The minimum Gasteiger partial charge on any atom is -0.384 e. The van der Waals surface area contributed by atoms with E-state index in [1.807, 2.05) is 36.4 Å². The van der Waals surface area contributed by atoms with E-state index in [0.29, 0.717) is 40.9 Å². The van der Waals surface area contributed by atoms with Crippen molar-refractivity contribution in [3.05, 3.63) is 105 Å². The van der Waals surface area contributed by atoms with E-state index in [2.05, 4.69) is 20.7 Å². The lowest BCUT2D eigenvalue weighted by Gasteiger charge is -2.45. The van der Waals surface area contributed by atoms with Crippen LogP contribution in [0.15, 0.2) is 66.7 Å². The SMILES string of the molecule is [C-]#[N+]c1cccc([C@](C)(O)CN2CCN(c3ccc(C#N)cc3Cl)[C@H](c3ccc(Cl)cc3)C2)c1. The van der Waals surface area contributed by atoms with Crippen molar-refractivity contribution in [2.24, 2.45) is 0 Å². The predicted molar refractivity (Wildman–Crippen MR) is 136 cm³/mol. The van der Waals surface area contributed by atoms with Crippen LogP contribution in [0.3, 0.4) is 0 Å². The molecule has 0 radical (unpaired) electrons. The first-order chi connectivity index (χ1) is 16.3. The molecule has 1 N–H and O–H groups in total. The van der Waals surface area contributed by atoms with Gasteiger partial charge in [0.2, 0.25) is 0 Å². The number of halogens is 2. The number of nitrogens with zero attached hydrogens (tertiary/aromatic N) is 4. The van der Waals surface area contributed by atoms with Gasteiger partial charge in [-0.3, -0.25) is 4.90 Å². The highest BCUT2D eigenvalue weighted by atomic mass is 35.5. The van der Waals surface area contributed by atoms with Gasteiger partial charge in [-0.25, -0.2) is 4.85 Å². The first-order valence-electron chi connectivity index (χ1n) is 11.0. The third kappa shape index (κ3) is 5.20. The van der Waals surface area contributed by atoms with Crippen molar-refractivity contribution in [1.29, 1.82) is 5.26 Å². The van der Waals surface area contributed by atoms with E-state index in [0.717, 1.165) is 23.4 Å². The average Bonchev–Trinajstić information content (AvgIpc) is 2.84. The summed E-state index contributed by atoms with van der Waals surface area (Å²) in [5, 5.41) is 21.7. The Bertz CT molecular complexity index is 1260. The molecule has 0 aliphatic carbocycles. The van der Waals surface area contributed by atoms with Crippen molar-refractivity contribution in [1.82, 2.24) is 4.90 Å². The molecule has 0 amide bonds. The fraction of sp³-hybridized carbons (Fsp3) is 0.259. The van der Waals surface area contributed by atoms with E-state index in [1.165, 1.54) is 0 Å².